The molecule has 0 spiro atoms. The third-order valence-corrected chi connectivity index (χ3v) is 6.51. The number of benzene rings is 7. The first-order valence-electron chi connectivity index (χ1n) is 21.3. The highest BCUT2D eigenvalue weighted by atomic mass is 16.3. The normalized spacial score (nSPS) is 18.4. The highest BCUT2D eigenvalue weighted by molar-refractivity contribution is 6.25. The number of fused-ring (bicyclic) bond motifs is 5. The molecule has 0 saturated heterocycles. The first-order valence-corrected chi connectivity index (χ1v) is 11.8. The molecule has 8 aromatic rings. The lowest BCUT2D eigenvalue weighted by atomic mass is 9.84. The summed E-state index contributed by atoms with van der Waals surface area (Å²) in [6, 6.07) is -6.35. The lowest BCUT2D eigenvalue weighted by Gasteiger charge is -2.18. The SMILES string of the molecule is [2H]c1c([2H])c(-c2ccccc2)c([2H])c(-c2c3c([2H])c([2H])c([2H])c([2H])c3c(-c3c([2H])c([2H])c([2H])c4oc5c([2H])c([2H])c([2H])c([2H])c5c34)c3c([2H])c([2H])c([2H])c([2H])c23)c1[2H]. The molecule has 0 fully saturated rings. The van der Waals surface area contributed by atoms with Crippen molar-refractivity contribution in [3.05, 3.63) is 145 Å². The molecule has 39 heavy (non-hydrogen) atoms. The molecule has 182 valence electrons. The second-order valence-electron chi connectivity index (χ2n) is 8.63. The van der Waals surface area contributed by atoms with Gasteiger partial charge in [-0.05, 0) is 73.1 Å². The van der Waals surface area contributed by atoms with Crippen LogP contribution < -0.4 is 0 Å². The average molecular weight is 516 g/mol. The van der Waals surface area contributed by atoms with Gasteiger partial charge in [-0.25, -0.2) is 0 Å². The maximum atomic E-state index is 9.49. The summed E-state index contributed by atoms with van der Waals surface area (Å²) >= 11 is 0. The van der Waals surface area contributed by atoms with Gasteiger partial charge in [0.2, 0.25) is 0 Å². The predicted octanol–water partition coefficient (Wildman–Crippen LogP) is 10.9. The van der Waals surface area contributed by atoms with Crippen LogP contribution in [-0.2, 0) is 0 Å². The van der Waals surface area contributed by atoms with Crippen molar-refractivity contribution in [2.24, 2.45) is 0 Å². The Bertz CT molecular complexity index is 3130. The molecule has 0 aliphatic rings. The molecular weight excluding hydrogens is 472 g/mol. The van der Waals surface area contributed by atoms with E-state index in [9.17, 15) is 8.22 Å². The fraction of sp³-hybridized carbons (Fsp3) is 0. The minimum absolute atomic E-state index is 0.150. The van der Waals surface area contributed by atoms with Gasteiger partial charge < -0.3 is 4.42 Å². The monoisotopic (exact) mass is 515 g/mol. The van der Waals surface area contributed by atoms with E-state index in [-0.39, 0.29) is 21.9 Å². The van der Waals surface area contributed by atoms with E-state index in [0.29, 0.717) is 0 Å². The Balaban J connectivity index is 1.79. The van der Waals surface area contributed by atoms with E-state index in [0.717, 1.165) is 0 Å². The van der Waals surface area contributed by atoms with Crippen molar-refractivity contribution in [1.82, 2.24) is 0 Å². The third-order valence-electron chi connectivity index (χ3n) is 6.51. The van der Waals surface area contributed by atoms with Crippen molar-refractivity contribution in [1.29, 1.82) is 0 Å². The van der Waals surface area contributed by atoms with Gasteiger partial charge in [-0.3, -0.25) is 0 Å². The molecule has 0 amide bonds. The molecule has 0 unspecified atom stereocenters. The second kappa shape index (κ2) is 8.72. The summed E-state index contributed by atoms with van der Waals surface area (Å²) in [5.74, 6) is 0. The minimum Gasteiger partial charge on any atom is -0.456 e. The Morgan fingerprint density at radius 1 is 0.436 bits per heavy atom. The van der Waals surface area contributed by atoms with Crippen molar-refractivity contribution in [2.75, 3.05) is 0 Å². The molecule has 0 aliphatic heterocycles. The van der Waals surface area contributed by atoms with E-state index in [4.69, 9.17) is 22.2 Å². The summed E-state index contributed by atoms with van der Waals surface area (Å²) in [7, 11) is 0. The van der Waals surface area contributed by atoms with Crippen LogP contribution in [0.1, 0.15) is 26.0 Å². The van der Waals surface area contributed by atoms with Crippen LogP contribution in [0.2, 0.25) is 0 Å². The zero-order valence-electron chi connectivity index (χ0n) is 38.8. The number of para-hydroxylation sites is 1. The molecule has 0 N–H and O–H groups in total. The Labute approximate surface area is 253 Å². The van der Waals surface area contributed by atoms with Crippen LogP contribution in [0.15, 0.2) is 150 Å². The van der Waals surface area contributed by atoms with Crippen LogP contribution in [0, 0.1) is 0 Å². The van der Waals surface area contributed by atoms with E-state index >= 15 is 0 Å². The summed E-state index contributed by atoms with van der Waals surface area (Å²) in [4.78, 5) is 0. The molecule has 0 bridgehead atoms. The topological polar surface area (TPSA) is 13.1 Å². The van der Waals surface area contributed by atoms with Crippen molar-refractivity contribution in [3.8, 4) is 33.4 Å². The predicted molar refractivity (Wildman–Crippen MR) is 165 cm³/mol. The quantitative estimate of drug-likeness (QED) is 0.213. The van der Waals surface area contributed by atoms with Crippen LogP contribution in [0.4, 0.5) is 0 Å². The zero-order valence-corrected chi connectivity index (χ0v) is 19.8. The lowest BCUT2D eigenvalue weighted by Crippen LogP contribution is -1.91. The summed E-state index contributed by atoms with van der Waals surface area (Å²) in [5.41, 5.74) is -2.85. The number of furan rings is 1. The second-order valence-corrected chi connectivity index (χ2v) is 8.63. The van der Waals surface area contributed by atoms with E-state index in [1.165, 1.54) is 0 Å². The van der Waals surface area contributed by atoms with Gasteiger partial charge >= 0.3 is 0 Å². The third kappa shape index (κ3) is 3.41. The fourth-order valence-corrected chi connectivity index (χ4v) is 4.89. The number of hydrogen-bond donors (Lipinski definition) is 0. The fourth-order valence-electron chi connectivity index (χ4n) is 4.89. The molecule has 7 aromatic carbocycles. The van der Waals surface area contributed by atoms with Crippen LogP contribution in [-0.4, -0.2) is 0 Å². The molecule has 1 nitrogen and oxygen atoms in total. The standard InChI is InChI=1S/C38H24O/c1-2-12-25(13-3-1)26-14-10-15-27(24-26)36-28-16-4-6-18-30(28)37(31-19-7-5-17-29(31)36)33-21-11-23-35-38(33)32-20-8-9-22-34(32)39-35/h1-24H/i4D,5D,6D,7D,8D,9D,10D,11D,14D,15D,16D,17D,18D,19D,20D,21D,22D,23D,24D. The Morgan fingerprint density at radius 3 is 1.72 bits per heavy atom. The van der Waals surface area contributed by atoms with Gasteiger partial charge in [0.05, 0.1) is 26.0 Å². The molecule has 0 saturated carbocycles. The van der Waals surface area contributed by atoms with Gasteiger partial charge in [0.25, 0.3) is 0 Å². The van der Waals surface area contributed by atoms with Crippen molar-refractivity contribution < 1.29 is 30.5 Å². The molecular formula is C38H24O. The highest BCUT2D eigenvalue weighted by Gasteiger charge is 2.20. The van der Waals surface area contributed by atoms with Crippen molar-refractivity contribution in [3.63, 3.8) is 0 Å². The van der Waals surface area contributed by atoms with Gasteiger partial charge in [0, 0.05) is 10.8 Å². The summed E-state index contributed by atoms with van der Waals surface area (Å²) in [6.07, 6.45) is 0. The maximum absolute atomic E-state index is 9.49. The molecule has 0 atom stereocenters. The molecule has 1 heteroatoms. The van der Waals surface area contributed by atoms with E-state index in [1.54, 1.807) is 30.3 Å². The maximum Gasteiger partial charge on any atom is 0.136 e. The first-order chi connectivity index (χ1) is 27.3. The van der Waals surface area contributed by atoms with Gasteiger partial charge in [-0.2, -0.15) is 0 Å². The van der Waals surface area contributed by atoms with Gasteiger partial charge in [0.15, 0.2) is 0 Å². The van der Waals surface area contributed by atoms with Crippen molar-refractivity contribution in [2.45, 2.75) is 0 Å². The van der Waals surface area contributed by atoms with Crippen LogP contribution >= 0.6 is 0 Å². The minimum atomic E-state index is -0.848. The van der Waals surface area contributed by atoms with Crippen molar-refractivity contribution >= 4 is 43.5 Å². The molecule has 1 heterocycles. The molecule has 8 rings (SSSR count). The Hall–Kier alpha value is -5.14. The molecule has 1 aromatic heterocycles. The van der Waals surface area contributed by atoms with E-state index in [2.05, 4.69) is 0 Å². The van der Waals surface area contributed by atoms with Crippen LogP contribution in [0.3, 0.4) is 0 Å². The van der Waals surface area contributed by atoms with Gasteiger partial charge in [0.1, 0.15) is 11.2 Å². The summed E-state index contributed by atoms with van der Waals surface area (Å²) < 4.78 is 176. The highest BCUT2D eigenvalue weighted by Crippen LogP contribution is 2.47. The lowest BCUT2D eigenvalue weighted by molar-refractivity contribution is 0.669. The average Bonchev–Trinajstić information content (AvgIpc) is 3.61. The van der Waals surface area contributed by atoms with E-state index < -0.39 is 170 Å². The largest absolute Gasteiger partial charge is 0.456 e. The smallest absolute Gasteiger partial charge is 0.136 e. The summed E-state index contributed by atoms with van der Waals surface area (Å²) in [5, 5.41) is -2.82. The first kappa shape index (κ1) is 10.2. The number of rotatable bonds is 3. The summed E-state index contributed by atoms with van der Waals surface area (Å²) in [6.45, 7) is 0. The van der Waals surface area contributed by atoms with Gasteiger partial charge in [-0.15, -0.1) is 0 Å². The Morgan fingerprint density at radius 2 is 1.00 bits per heavy atom. The zero-order chi connectivity index (χ0) is 42.3. The molecule has 0 aliphatic carbocycles. The van der Waals surface area contributed by atoms with Gasteiger partial charge in [-0.1, -0.05) is 127 Å². The van der Waals surface area contributed by atoms with Crippen LogP contribution in [0.25, 0.3) is 76.9 Å². The van der Waals surface area contributed by atoms with E-state index in [1.807, 2.05) is 0 Å². The molecule has 0 radical (unpaired) electrons. The van der Waals surface area contributed by atoms with Crippen LogP contribution in [0.5, 0.6) is 0 Å². The Kier molecular flexibility index (Phi) is 2.28. The number of hydrogen-bond acceptors (Lipinski definition) is 1.